The SMILES string of the molecule is Cc1ccc(N=C2NC(=O)/C(=C/c3ccc(Sc4nc5ccccc5s4)o3)S2)cc1C. The summed E-state index contributed by atoms with van der Waals surface area (Å²) in [6, 6.07) is 17.8. The maximum atomic E-state index is 12.4. The minimum Gasteiger partial charge on any atom is -0.450 e. The Morgan fingerprint density at radius 2 is 1.97 bits per heavy atom. The summed E-state index contributed by atoms with van der Waals surface area (Å²) in [7, 11) is 0. The first-order valence-electron chi connectivity index (χ1n) is 9.53. The number of para-hydroxylation sites is 1. The number of thioether (sulfide) groups is 1. The molecule has 1 amide bonds. The van der Waals surface area contributed by atoms with Crippen LogP contribution in [0.25, 0.3) is 16.3 Å². The van der Waals surface area contributed by atoms with Gasteiger partial charge >= 0.3 is 0 Å². The topological polar surface area (TPSA) is 67.5 Å². The molecule has 2 aromatic carbocycles. The van der Waals surface area contributed by atoms with Gasteiger partial charge in [-0.05, 0) is 84.9 Å². The van der Waals surface area contributed by atoms with E-state index in [0.29, 0.717) is 15.8 Å². The molecule has 4 aromatic rings. The maximum absolute atomic E-state index is 12.4. The number of furan rings is 1. The van der Waals surface area contributed by atoms with Crippen LogP contribution in [0.4, 0.5) is 5.69 Å². The number of nitrogens with zero attached hydrogens (tertiary/aromatic N) is 2. The van der Waals surface area contributed by atoms with E-state index in [4.69, 9.17) is 4.42 Å². The lowest BCUT2D eigenvalue weighted by atomic mass is 10.1. The highest BCUT2D eigenvalue weighted by Gasteiger charge is 2.24. The van der Waals surface area contributed by atoms with E-state index in [2.05, 4.69) is 28.3 Å². The lowest BCUT2D eigenvalue weighted by molar-refractivity contribution is -0.115. The largest absolute Gasteiger partial charge is 0.450 e. The predicted octanol–water partition coefficient (Wildman–Crippen LogP) is 6.55. The predicted molar refractivity (Wildman–Crippen MR) is 129 cm³/mol. The number of thiazole rings is 1. The summed E-state index contributed by atoms with van der Waals surface area (Å²) in [5.41, 5.74) is 4.18. The Balaban J connectivity index is 1.31. The number of carbonyl (C=O) groups is 1. The highest BCUT2D eigenvalue weighted by atomic mass is 32.2. The van der Waals surface area contributed by atoms with Gasteiger partial charge in [0.2, 0.25) is 0 Å². The van der Waals surface area contributed by atoms with Crippen molar-refractivity contribution >= 4 is 67.9 Å². The van der Waals surface area contributed by atoms with Gasteiger partial charge < -0.3 is 9.73 Å². The quantitative estimate of drug-likeness (QED) is 0.348. The van der Waals surface area contributed by atoms with Crippen LogP contribution in [0, 0.1) is 13.8 Å². The highest BCUT2D eigenvalue weighted by Crippen LogP contribution is 2.36. The summed E-state index contributed by atoms with van der Waals surface area (Å²) < 4.78 is 7.96. The molecule has 0 spiro atoms. The van der Waals surface area contributed by atoms with Crippen molar-refractivity contribution in [2.75, 3.05) is 0 Å². The number of hydrogen-bond donors (Lipinski definition) is 1. The van der Waals surface area contributed by atoms with Gasteiger partial charge in [0, 0.05) is 6.08 Å². The first kappa shape index (κ1) is 20.1. The number of aliphatic imine (C=N–C) groups is 1. The molecule has 0 bridgehead atoms. The number of hydrogen-bond acceptors (Lipinski definition) is 7. The molecule has 8 heteroatoms. The van der Waals surface area contributed by atoms with Crippen molar-refractivity contribution in [2.24, 2.45) is 4.99 Å². The zero-order valence-electron chi connectivity index (χ0n) is 16.7. The second-order valence-corrected chi connectivity index (χ2v) is 10.3. The number of benzene rings is 2. The highest BCUT2D eigenvalue weighted by molar-refractivity contribution is 8.18. The van der Waals surface area contributed by atoms with Crippen LogP contribution in [0.15, 0.2) is 78.3 Å². The molecule has 0 aliphatic carbocycles. The zero-order chi connectivity index (χ0) is 21.4. The van der Waals surface area contributed by atoms with Crippen LogP contribution >= 0.6 is 34.9 Å². The molecule has 3 heterocycles. The van der Waals surface area contributed by atoms with Crippen molar-refractivity contribution in [1.29, 1.82) is 0 Å². The molecular weight excluding hydrogens is 446 g/mol. The molecule has 0 unspecified atom stereocenters. The van der Waals surface area contributed by atoms with Crippen LogP contribution in [0.3, 0.4) is 0 Å². The summed E-state index contributed by atoms with van der Waals surface area (Å²) in [6.45, 7) is 4.11. The second-order valence-electron chi connectivity index (χ2n) is 6.96. The molecule has 5 nitrogen and oxygen atoms in total. The second kappa shape index (κ2) is 8.37. The number of rotatable bonds is 4. The Hall–Kier alpha value is -2.81. The number of aromatic nitrogens is 1. The van der Waals surface area contributed by atoms with Crippen molar-refractivity contribution in [2.45, 2.75) is 23.3 Å². The Morgan fingerprint density at radius 3 is 2.81 bits per heavy atom. The van der Waals surface area contributed by atoms with E-state index in [9.17, 15) is 4.79 Å². The number of fused-ring (bicyclic) bond motifs is 1. The standard InChI is InChI=1S/C23H17N3O2S3/c1-13-7-8-15(11-14(13)2)24-22-26-21(27)19(29-22)12-16-9-10-20(28-16)31-23-25-17-5-3-4-6-18(17)30-23/h3-12H,1-2H3,(H,24,26,27)/b19-12-. The van der Waals surface area contributed by atoms with Crippen LogP contribution in [0.5, 0.6) is 0 Å². The van der Waals surface area contributed by atoms with Gasteiger partial charge in [-0.15, -0.1) is 11.3 Å². The van der Waals surface area contributed by atoms with Crippen molar-refractivity contribution in [1.82, 2.24) is 10.3 Å². The Morgan fingerprint density at radius 1 is 1.10 bits per heavy atom. The van der Waals surface area contributed by atoms with E-state index in [1.807, 2.05) is 55.5 Å². The Labute approximate surface area is 191 Å². The normalized spacial score (nSPS) is 16.5. The molecule has 1 saturated heterocycles. The smallest absolute Gasteiger partial charge is 0.264 e. The van der Waals surface area contributed by atoms with E-state index in [1.165, 1.54) is 34.7 Å². The summed E-state index contributed by atoms with van der Waals surface area (Å²) >= 11 is 4.42. The van der Waals surface area contributed by atoms with Crippen LogP contribution in [-0.4, -0.2) is 16.1 Å². The number of nitrogens with one attached hydrogen (secondary N) is 1. The monoisotopic (exact) mass is 463 g/mol. The van der Waals surface area contributed by atoms with E-state index in [1.54, 1.807) is 17.4 Å². The number of amides is 1. The van der Waals surface area contributed by atoms with E-state index >= 15 is 0 Å². The summed E-state index contributed by atoms with van der Waals surface area (Å²) in [5, 5.41) is 4.12. The molecule has 0 radical (unpaired) electrons. The van der Waals surface area contributed by atoms with Gasteiger partial charge in [-0.25, -0.2) is 9.98 Å². The van der Waals surface area contributed by atoms with Crippen LogP contribution < -0.4 is 5.32 Å². The molecule has 1 aliphatic rings. The van der Waals surface area contributed by atoms with Crippen LogP contribution in [0.2, 0.25) is 0 Å². The molecule has 154 valence electrons. The third kappa shape index (κ3) is 4.46. The average molecular weight is 464 g/mol. The molecule has 0 saturated carbocycles. The van der Waals surface area contributed by atoms with Crippen LogP contribution in [-0.2, 0) is 4.79 Å². The van der Waals surface area contributed by atoms with Gasteiger partial charge in [0.25, 0.3) is 5.91 Å². The van der Waals surface area contributed by atoms with Crippen molar-refractivity contribution in [3.05, 3.63) is 76.4 Å². The minimum absolute atomic E-state index is 0.177. The summed E-state index contributed by atoms with van der Waals surface area (Å²) in [6.07, 6.45) is 1.74. The Kier molecular flexibility index (Phi) is 5.43. The van der Waals surface area contributed by atoms with E-state index in [-0.39, 0.29) is 5.91 Å². The Bertz CT molecular complexity index is 1330. The zero-order valence-corrected chi connectivity index (χ0v) is 19.2. The molecule has 31 heavy (non-hydrogen) atoms. The molecule has 5 rings (SSSR count). The van der Waals surface area contributed by atoms with Gasteiger partial charge in [-0.2, -0.15) is 0 Å². The molecule has 2 aromatic heterocycles. The fourth-order valence-corrected chi connectivity index (χ4v) is 5.76. The number of carbonyl (C=O) groups excluding carboxylic acids is 1. The van der Waals surface area contributed by atoms with Gasteiger partial charge in [0.05, 0.1) is 20.8 Å². The van der Waals surface area contributed by atoms with Gasteiger partial charge in [-0.1, -0.05) is 18.2 Å². The van der Waals surface area contributed by atoms with Gasteiger partial charge in [0.1, 0.15) is 5.76 Å². The first-order valence-corrected chi connectivity index (χ1v) is 12.0. The minimum atomic E-state index is -0.177. The molecule has 1 N–H and O–H groups in total. The first-order chi connectivity index (χ1) is 15.0. The lowest BCUT2D eigenvalue weighted by Gasteiger charge is -2.01. The molecule has 1 aliphatic heterocycles. The number of amidine groups is 1. The molecule has 1 fully saturated rings. The van der Waals surface area contributed by atoms with Crippen molar-refractivity contribution < 1.29 is 9.21 Å². The van der Waals surface area contributed by atoms with E-state index in [0.717, 1.165) is 25.3 Å². The maximum Gasteiger partial charge on any atom is 0.264 e. The average Bonchev–Trinajstić information content (AvgIpc) is 3.44. The lowest BCUT2D eigenvalue weighted by Crippen LogP contribution is -2.19. The fourth-order valence-electron chi connectivity index (χ4n) is 2.97. The van der Waals surface area contributed by atoms with Gasteiger partial charge in [-0.3, -0.25) is 4.79 Å². The summed E-state index contributed by atoms with van der Waals surface area (Å²) in [4.78, 5) is 22.1. The third-order valence-electron chi connectivity index (χ3n) is 4.71. The third-order valence-corrected chi connectivity index (χ3v) is 7.64. The van der Waals surface area contributed by atoms with Crippen molar-refractivity contribution in [3.8, 4) is 0 Å². The number of aryl methyl sites for hydroxylation is 2. The summed E-state index contributed by atoms with van der Waals surface area (Å²) in [5.74, 6) is 0.443. The fraction of sp³-hybridized carbons (Fsp3) is 0.0870. The van der Waals surface area contributed by atoms with Crippen molar-refractivity contribution in [3.63, 3.8) is 0 Å². The van der Waals surface area contributed by atoms with Crippen LogP contribution in [0.1, 0.15) is 16.9 Å². The van der Waals surface area contributed by atoms with E-state index < -0.39 is 0 Å². The molecule has 0 atom stereocenters. The van der Waals surface area contributed by atoms with Gasteiger partial charge in [0.15, 0.2) is 14.6 Å². The molecular formula is C23H17N3O2S3.